The average Bonchev–Trinajstić information content (AvgIpc) is 2.38. The van der Waals surface area contributed by atoms with Gasteiger partial charge in [-0.25, -0.2) is 0 Å². The lowest BCUT2D eigenvalue weighted by atomic mass is 10.1. The van der Waals surface area contributed by atoms with Crippen LogP contribution in [0.25, 0.3) is 0 Å². The molecule has 0 aromatic carbocycles. The van der Waals surface area contributed by atoms with Crippen molar-refractivity contribution in [1.29, 1.82) is 0 Å². The highest BCUT2D eigenvalue weighted by Crippen LogP contribution is 2.06. The molecule has 4 N–H and O–H groups in total. The van der Waals surface area contributed by atoms with Gasteiger partial charge in [0, 0.05) is 13.0 Å². The highest BCUT2D eigenvalue weighted by Gasteiger charge is 2.13. The number of carboxylic acid groups (broad SMARTS) is 1. The second-order valence-corrected chi connectivity index (χ2v) is 4.95. The zero-order valence-electron chi connectivity index (χ0n) is 12.0. The molecule has 5 nitrogen and oxygen atoms in total. The Morgan fingerprint density at radius 1 is 1.11 bits per heavy atom. The van der Waals surface area contributed by atoms with Gasteiger partial charge in [-0.15, -0.1) is 0 Å². The first-order chi connectivity index (χ1) is 9.07. The summed E-state index contributed by atoms with van der Waals surface area (Å²) in [7, 11) is 0. The van der Waals surface area contributed by atoms with Gasteiger partial charge in [-0.1, -0.05) is 45.4 Å². The minimum absolute atomic E-state index is 0.0635. The third-order valence-electron chi connectivity index (χ3n) is 3.09. The minimum Gasteiger partial charge on any atom is -0.481 e. The summed E-state index contributed by atoms with van der Waals surface area (Å²) in [4.78, 5) is 21.8. The van der Waals surface area contributed by atoms with Crippen molar-refractivity contribution in [3.63, 3.8) is 0 Å². The SMILES string of the molecule is CCCCCCCCCNC(=O)C(N)CCC(=O)O. The molecule has 0 bridgehead atoms. The van der Waals surface area contributed by atoms with Crippen molar-refractivity contribution in [3.05, 3.63) is 0 Å². The van der Waals surface area contributed by atoms with Gasteiger partial charge >= 0.3 is 5.97 Å². The number of nitrogens with two attached hydrogens (primary N) is 1. The van der Waals surface area contributed by atoms with Crippen LogP contribution in [0.4, 0.5) is 0 Å². The van der Waals surface area contributed by atoms with E-state index in [4.69, 9.17) is 10.8 Å². The molecule has 0 aliphatic carbocycles. The lowest BCUT2D eigenvalue weighted by Crippen LogP contribution is -2.41. The molecule has 0 spiro atoms. The topological polar surface area (TPSA) is 92.4 Å². The van der Waals surface area contributed by atoms with Gasteiger partial charge in [-0.2, -0.15) is 0 Å². The van der Waals surface area contributed by atoms with Crippen LogP contribution in [0, 0.1) is 0 Å². The quantitative estimate of drug-likeness (QED) is 0.474. The normalized spacial score (nSPS) is 12.1. The van der Waals surface area contributed by atoms with E-state index in [1.165, 1.54) is 32.1 Å². The Morgan fingerprint density at radius 3 is 2.26 bits per heavy atom. The van der Waals surface area contributed by atoms with E-state index in [1.54, 1.807) is 0 Å². The largest absolute Gasteiger partial charge is 0.481 e. The molecular weight excluding hydrogens is 244 g/mol. The summed E-state index contributed by atoms with van der Waals surface area (Å²) >= 11 is 0. The van der Waals surface area contributed by atoms with Gasteiger partial charge in [0.15, 0.2) is 0 Å². The van der Waals surface area contributed by atoms with Crippen molar-refractivity contribution in [2.75, 3.05) is 6.54 Å². The Labute approximate surface area is 115 Å². The first-order valence-electron chi connectivity index (χ1n) is 7.33. The summed E-state index contributed by atoms with van der Waals surface area (Å²) in [6.45, 7) is 2.83. The van der Waals surface area contributed by atoms with Crippen LogP contribution in [0.15, 0.2) is 0 Å². The van der Waals surface area contributed by atoms with E-state index in [0.717, 1.165) is 12.8 Å². The van der Waals surface area contributed by atoms with E-state index in [0.29, 0.717) is 6.54 Å². The Bertz CT molecular complexity index is 257. The minimum atomic E-state index is -0.921. The van der Waals surface area contributed by atoms with Crippen molar-refractivity contribution < 1.29 is 14.7 Å². The number of unbranched alkanes of at least 4 members (excludes halogenated alkanes) is 6. The molecule has 0 heterocycles. The van der Waals surface area contributed by atoms with E-state index in [-0.39, 0.29) is 18.7 Å². The van der Waals surface area contributed by atoms with Crippen LogP contribution >= 0.6 is 0 Å². The summed E-state index contributed by atoms with van der Waals surface area (Å²) in [5.74, 6) is -1.16. The smallest absolute Gasteiger partial charge is 0.303 e. The van der Waals surface area contributed by atoms with E-state index >= 15 is 0 Å². The van der Waals surface area contributed by atoms with E-state index < -0.39 is 12.0 Å². The number of hydrogen-bond acceptors (Lipinski definition) is 3. The second-order valence-electron chi connectivity index (χ2n) is 4.95. The number of carboxylic acids is 1. The molecule has 0 radical (unpaired) electrons. The predicted molar refractivity (Wildman–Crippen MR) is 75.8 cm³/mol. The molecule has 0 saturated heterocycles. The number of aliphatic carboxylic acids is 1. The summed E-state index contributed by atoms with van der Waals surface area (Å²) < 4.78 is 0. The lowest BCUT2D eigenvalue weighted by molar-refractivity contribution is -0.137. The van der Waals surface area contributed by atoms with Crippen LogP contribution in [0.1, 0.15) is 64.7 Å². The molecule has 1 unspecified atom stereocenters. The molecule has 0 aromatic heterocycles. The Hall–Kier alpha value is -1.10. The van der Waals surface area contributed by atoms with Crippen molar-refractivity contribution in [1.82, 2.24) is 5.32 Å². The van der Waals surface area contributed by atoms with Gasteiger partial charge < -0.3 is 16.2 Å². The fourth-order valence-corrected chi connectivity index (χ4v) is 1.83. The number of hydrogen-bond donors (Lipinski definition) is 3. The number of rotatable bonds is 12. The Kier molecular flexibility index (Phi) is 11.3. The van der Waals surface area contributed by atoms with Crippen LogP contribution < -0.4 is 11.1 Å². The van der Waals surface area contributed by atoms with Crippen LogP contribution in [0.3, 0.4) is 0 Å². The molecule has 19 heavy (non-hydrogen) atoms. The van der Waals surface area contributed by atoms with Crippen molar-refractivity contribution in [2.45, 2.75) is 70.8 Å². The summed E-state index contributed by atoms with van der Waals surface area (Å²) in [6, 6.07) is -0.708. The first kappa shape index (κ1) is 17.9. The number of carbonyl (C=O) groups excluding carboxylic acids is 1. The molecule has 1 atom stereocenters. The second kappa shape index (κ2) is 12.0. The monoisotopic (exact) mass is 272 g/mol. The zero-order chi connectivity index (χ0) is 14.5. The molecule has 112 valence electrons. The van der Waals surface area contributed by atoms with Crippen LogP contribution in [-0.4, -0.2) is 29.6 Å². The molecule has 0 fully saturated rings. The molecule has 0 saturated carbocycles. The zero-order valence-corrected chi connectivity index (χ0v) is 12.0. The summed E-state index contributed by atoms with van der Waals surface area (Å²) in [6.07, 6.45) is 8.53. The van der Waals surface area contributed by atoms with Gasteiger partial charge in [0.1, 0.15) is 0 Å². The predicted octanol–water partition coefficient (Wildman–Crippen LogP) is 2.05. The molecule has 1 amide bonds. The summed E-state index contributed by atoms with van der Waals surface area (Å²) in [5.41, 5.74) is 5.59. The van der Waals surface area contributed by atoms with Crippen LogP contribution in [0.2, 0.25) is 0 Å². The molecule has 5 heteroatoms. The van der Waals surface area contributed by atoms with Crippen LogP contribution in [0.5, 0.6) is 0 Å². The maximum absolute atomic E-state index is 11.5. The summed E-state index contributed by atoms with van der Waals surface area (Å²) in [5, 5.41) is 11.2. The van der Waals surface area contributed by atoms with Gasteiger partial charge in [0.05, 0.1) is 6.04 Å². The van der Waals surface area contributed by atoms with Gasteiger partial charge in [-0.3, -0.25) is 9.59 Å². The molecular formula is C14H28N2O3. The number of amides is 1. The van der Waals surface area contributed by atoms with Crippen LogP contribution in [-0.2, 0) is 9.59 Å². The van der Waals surface area contributed by atoms with Crippen molar-refractivity contribution in [2.24, 2.45) is 5.73 Å². The lowest BCUT2D eigenvalue weighted by Gasteiger charge is -2.11. The number of carbonyl (C=O) groups is 2. The molecule has 0 aliphatic rings. The fourth-order valence-electron chi connectivity index (χ4n) is 1.83. The number of nitrogens with one attached hydrogen (secondary N) is 1. The highest BCUT2D eigenvalue weighted by atomic mass is 16.4. The Morgan fingerprint density at radius 2 is 1.68 bits per heavy atom. The van der Waals surface area contributed by atoms with E-state index in [9.17, 15) is 9.59 Å². The van der Waals surface area contributed by atoms with Gasteiger partial charge in [-0.05, 0) is 12.8 Å². The molecule has 0 aromatic rings. The molecule has 0 rings (SSSR count). The third kappa shape index (κ3) is 11.7. The van der Waals surface area contributed by atoms with Crippen molar-refractivity contribution in [3.8, 4) is 0 Å². The average molecular weight is 272 g/mol. The first-order valence-corrected chi connectivity index (χ1v) is 7.33. The highest BCUT2D eigenvalue weighted by molar-refractivity contribution is 5.82. The maximum atomic E-state index is 11.5. The maximum Gasteiger partial charge on any atom is 0.303 e. The fraction of sp³-hybridized carbons (Fsp3) is 0.857. The van der Waals surface area contributed by atoms with Gasteiger partial charge in [0.2, 0.25) is 5.91 Å². The van der Waals surface area contributed by atoms with Gasteiger partial charge in [0.25, 0.3) is 0 Å². The standard InChI is InChI=1S/C14H28N2O3/c1-2-3-4-5-6-7-8-11-16-14(19)12(15)9-10-13(17)18/h12H,2-11,15H2,1H3,(H,16,19)(H,17,18). The third-order valence-corrected chi connectivity index (χ3v) is 3.09. The van der Waals surface area contributed by atoms with E-state index in [1.807, 2.05) is 0 Å². The molecule has 0 aliphatic heterocycles. The van der Waals surface area contributed by atoms with Crippen molar-refractivity contribution >= 4 is 11.9 Å². The van der Waals surface area contributed by atoms with E-state index in [2.05, 4.69) is 12.2 Å². The Balaban J connectivity index is 3.39.